The number of amides is 1. The van der Waals surface area contributed by atoms with Crippen LogP contribution in [0.15, 0.2) is 24.3 Å². The van der Waals surface area contributed by atoms with Gasteiger partial charge in [-0.1, -0.05) is 5.23 Å². The van der Waals surface area contributed by atoms with Crippen LogP contribution in [0.5, 0.6) is 5.75 Å². The predicted octanol–water partition coefficient (Wildman–Crippen LogP) is 1.01. The molecular formula is C17H23FN2O7S. The summed E-state index contributed by atoms with van der Waals surface area (Å²) in [6.45, 7) is 0.419. The van der Waals surface area contributed by atoms with Crippen molar-refractivity contribution in [2.24, 2.45) is 5.92 Å². The minimum absolute atomic E-state index is 0.0958. The number of hydroxylamine groups is 2. The highest BCUT2D eigenvalue weighted by Crippen LogP contribution is 2.29. The average molecular weight is 418 g/mol. The zero-order chi connectivity index (χ0) is 20.3. The van der Waals surface area contributed by atoms with Crippen LogP contribution in [0.25, 0.3) is 0 Å². The molecule has 3 rings (SSSR count). The van der Waals surface area contributed by atoms with Gasteiger partial charge in [0.1, 0.15) is 17.7 Å². The molecule has 2 heterocycles. The Morgan fingerprint density at radius 2 is 1.82 bits per heavy atom. The minimum Gasteiger partial charge on any atom is -0.490 e. The summed E-state index contributed by atoms with van der Waals surface area (Å²) in [6.07, 6.45) is 0.794. The lowest BCUT2D eigenvalue weighted by atomic mass is 10.0. The predicted molar refractivity (Wildman–Crippen MR) is 93.7 cm³/mol. The number of benzene rings is 1. The summed E-state index contributed by atoms with van der Waals surface area (Å²) in [5.41, 5.74) is 0. The molecule has 1 aromatic carbocycles. The lowest BCUT2D eigenvalue weighted by Gasteiger charge is -2.37. The first-order valence-electron chi connectivity index (χ1n) is 8.99. The van der Waals surface area contributed by atoms with E-state index in [1.807, 2.05) is 0 Å². The monoisotopic (exact) mass is 418 g/mol. The molecule has 2 fully saturated rings. The van der Waals surface area contributed by atoms with E-state index >= 15 is 0 Å². The molecule has 2 unspecified atom stereocenters. The van der Waals surface area contributed by atoms with Crippen molar-refractivity contribution in [2.75, 3.05) is 26.3 Å². The number of hydrogen-bond donors (Lipinski definition) is 2. The van der Waals surface area contributed by atoms with Gasteiger partial charge in [0.15, 0.2) is 0 Å². The fourth-order valence-electron chi connectivity index (χ4n) is 3.55. The Kier molecular flexibility index (Phi) is 6.50. The first-order chi connectivity index (χ1) is 13.3. The van der Waals surface area contributed by atoms with Gasteiger partial charge in [-0.15, -0.1) is 0 Å². The van der Waals surface area contributed by atoms with Crippen molar-refractivity contribution in [3.63, 3.8) is 0 Å². The van der Waals surface area contributed by atoms with Crippen molar-refractivity contribution in [1.29, 1.82) is 0 Å². The molecule has 11 heteroatoms. The second-order valence-corrected chi connectivity index (χ2v) is 9.00. The smallest absolute Gasteiger partial charge is 0.279 e. The van der Waals surface area contributed by atoms with E-state index in [4.69, 9.17) is 19.9 Å². The molecule has 0 spiro atoms. The number of hydrogen-bond acceptors (Lipinski definition) is 7. The van der Waals surface area contributed by atoms with E-state index in [1.165, 1.54) is 28.6 Å². The molecular weight excluding hydrogens is 395 g/mol. The van der Waals surface area contributed by atoms with E-state index < -0.39 is 32.3 Å². The number of sulfonamides is 1. The Labute approximate surface area is 162 Å². The quantitative estimate of drug-likeness (QED) is 0.541. The number of ether oxygens (including phenoxy) is 2. The molecule has 28 heavy (non-hydrogen) atoms. The summed E-state index contributed by atoms with van der Waals surface area (Å²) in [6, 6.07) is 5.63. The van der Waals surface area contributed by atoms with Crippen LogP contribution in [-0.2, 0) is 19.6 Å². The minimum atomic E-state index is -3.84. The Morgan fingerprint density at radius 1 is 1.18 bits per heavy atom. The van der Waals surface area contributed by atoms with Gasteiger partial charge >= 0.3 is 0 Å². The molecule has 0 aromatic heterocycles. The van der Waals surface area contributed by atoms with Crippen molar-refractivity contribution in [3.8, 4) is 5.75 Å². The topological polar surface area (TPSA) is 117 Å². The number of carbonyl (C=O) groups excluding carboxylic acids is 1. The third kappa shape index (κ3) is 4.61. The van der Waals surface area contributed by atoms with Gasteiger partial charge < -0.3 is 9.47 Å². The Balaban J connectivity index is 1.63. The van der Waals surface area contributed by atoms with Gasteiger partial charge in [-0.2, -0.15) is 0 Å². The molecule has 0 saturated carbocycles. The van der Waals surface area contributed by atoms with Gasteiger partial charge in [0.2, 0.25) is 10.0 Å². The number of halogens is 1. The zero-order valence-corrected chi connectivity index (χ0v) is 15.9. The van der Waals surface area contributed by atoms with Crippen molar-refractivity contribution >= 4 is 15.9 Å². The van der Waals surface area contributed by atoms with Crippen LogP contribution < -0.4 is 4.74 Å². The van der Waals surface area contributed by atoms with Gasteiger partial charge in [-0.25, -0.2) is 17.1 Å². The molecule has 1 aromatic rings. The molecule has 0 aliphatic carbocycles. The highest BCUT2D eigenvalue weighted by Gasteiger charge is 2.45. The molecule has 0 bridgehead atoms. The molecule has 2 aliphatic rings. The molecule has 156 valence electrons. The van der Waals surface area contributed by atoms with Crippen molar-refractivity contribution < 1.29 is 37.5 Å². The summed E-state index contributed by atoms with van der Waals surface area (Å²) < 4.78 is 51.3. The summed E-state index contributed by atoms with van der Waals surface area (Å²) in [7, 11) is -3.84. The van der Waals surface area contributed by atoms with E-state index in [1.54, 1.807) is 0 Å². The summed E-state index contributed by atoms with van der Waals surface area (Å²) >= 11 is 0. The fourth-order valence-corrected chi connectivity index (χ4v) is 5.66. The van der Waals surface area contributed by atoms with E-state index in [0.29, 0.717) is 18.6 Å². The number of carbonyl (C=O) groups is 1. The molecule has 1 amide bonds. The van der Waals surface area contributed by atoms with Crippen LogP contribution >= 0.6 is 0 Å². The van der Waals surface area contributed by atoms with Crippen LogP contribution in [0.4, 0.5) is 4.39 Å². The number of rotatable bonds is 5. The first kappa shape index (κ1) is 20.9. The first-order valence-corrected chi connectivity index (χ1v) is 10.5. The van der Waals surface area contributed by atoms with Crippen molar-refractivity contribution in [2.45, 2.75) is 30.6 Å². The highest BCUT2D eigenvalue weighted by atomic mass is 32.2. The van der Waals surface area contributed by atoms with Gasteiger partial charge in [-0.05, 0) is 43.5 Å². The molecule has 2 saturated heterocycles. The number of piperidine rings is 1. The standard InChI is InChI=1S/C17H23FN2O7S/c18-12-1-3-13(4-2-12)27-14-5-8-19(9-6-14)28(24,25)16-7-10-26-11-15(16)17(21)20(22)23/h1-4,14-16,22-23H,5-11H2. The SMILES string of the molecule is O=C(C1COCCC1S(=O)(=O)N1CCC(Oc2ccc(F)cc2)CC1)N(O)O. The second-order valence-electron chi connectivity index (χ2n) is 6.85. The maximum atomic E-state index is 13.0. The van der Waals surface area contributed by atoms with Gasteiger partial charge in [0.05, 0.1) is 17.8 Å². The van der Waals surface area contributed by atoms with E-state index in [2.05, 4.69) is 0 Å². The van der Waals surface area contributed by atoms with Crippen molar-refractivity contribution in [1.82, 2.24) is 9.53 Å². The lowest BCUT2D eigenvalue weighted by molar-refractivity contribution is -0.289. The largest absolute Gasteiger partial charge is 0.490 e. The summed E-state index contributed by atoms with van der Waals surface area (Å²) in [5.74, 6) is -2.13. The van der Waals surface area contributed by atoms with Crippen LogP contribution in [0.3, 0.4) is 0 Å². The molecule has 2 N–H and O–H groups in total. The van der Waals surface area contributed by atoms with Crippen LogP contribution in [-0.4, -0.2) is 71.9 Å². The normalized spacial score (nSPS) is 24.7. The highest BCUT2D eigenvalue weighted by molar-refractivity contribution is 7.89. The van der Waals surface area contributed by atoms with E-state index in [0.717, 1.165) is 0 Å². The Hall–Kier alpha value is -1.79. The van der Waals surface area contributed by atoms with Gasteiger partial charge in [0, 0.05) is 19.7 Å². The Morgan fingerprint density at radius 3 is 2.43 bits per heavy atom. The zero-order valence-electron chi connectivity index (χ0n) is 15.1. The van der Waals surface area contributed by atoms with Crippen LogP contribution in [0, 0.1) is 11.7 Å². The third-order valence-electron chi connectivity index (χ3n) is 5.07. The summed E-state index contributed by atoms with van der Waals surface area (Å²) in [5, 5.41) is 16.3. The summed E-state index contributed by atoms with van der Waals surface area (Å²) in [4.78, 5) is 11.9. The second kappa shape index (κ2) is 8.70. The van der Waals surface area contributed by atoms with E-state index in [9.17, 15) is 17.6 Å². The van der Waals surface area contributed by atoms with Gasteiger partial charge in [0.25, 0.3) is 5.91 Å². The number of nitrogens with zero attached hydrogens (tertiary/aromatic N) is 2. The molecule has 9 nitrogen and oxygen atoms in total. The lowest BCUT2D eigenvalue weighted by Crippen LogP contribution is -2.53. The molecule has 2 aliphatic heterocycles. The van der Waals surface area contributed by atoms with Crippen LogP contribution in [0.2, 0.25) is 0 Å². The third-order valence-corrected chi connectivity index (χ3v) is 7.48. The van der Waals surface area contributed by atoms with Crippen LogP contribution in [0.1, 0.15) is 19.3 Å². The van der Waals surface area contributed by atoms with E-state index in [-0.39, 0.29) is 44.6 Å². The molecule has 0 radical (unpaired) electrons. The maximum Gasteiger partial charge on any atom is 0.279 e. The van der Waals surface area contributed by atoms with Gasteiger partial charge in [-0.3, -0.25) is 15.2 Å². The average Bonchev–Trinajstić information content (AvgIpc) is 2.69. The molecule has 2 atom stereocenters. The fraction of sp³-hybridized carbons (Fsp3) is 0.588. The maximum absolute atomic E-state index is 13.0. The van der Waals surface area contributed by atoms with Crippen molar-refractivity contribution in [3.05, 3.63) is 30.1 Å². The Bertz CT molecular complexity index is 779.